The molecule has 0 aliphatic heterocycles. The molecule has 0 unspecified atom stereocenters. The van der Waals surface area contributed by atoms with E-state index in [1.54, 1.807) is 10.9 Å². The van der Waals surface area contributed by atoms with Gasteiger partial charge in [0.25, 0.3) is 0 Å². The number of hydrogen-bond donors (Lipinski definition) is 1. The van der Waals surface area contributed by atoms with Gasteiger partial charge in [-0.05, 0) is 30.3 Å². The maximum absolute atomic E-state index is 11.8. The van der Waals surface area contributed by atoms with Gasteiger partial charge in [0.15, 0.2) is 0 Å². The minimum Gasteiger partial charge on any atom is -0.326 e. The molecule has 1 amide bonds. The molecule has 0 bridgehead atoms. The van der Waals surface area contributed by atoms with Crippen LogP contribution in [0.3, 0.4) is 0 Å². The van der Waals surface area contributed by atoms with Gasteiger partial charge in [0, 0.05) is 23.5 Å². The van der Waals surface area contributed by atoms with Crippen LogP contribution in [-0.2, 0) is 4.79 Å². The molecule has 4 nitrogen and oxygen atoms in total. The van der Waals surface area contributed by atoms with E-state index in [0.29, 0.717) is 0 Å². The van der Waals surface area contributed by atoms with Gasteiger partial charge in [0.05, 0.1) is 5.69 Å². The second-order valence-corrected chi connectivity index (χ2v) is 5.20. The van der Waals surface area contributed by atoms with Crippen molar-refractivity contribution in [2.24, 2.45) is 5.41 Å². The number of carbonyl (C=O) groups is 1. The minimum atomic E-state index is -0.388. The molecule has 0 radical (unpaired) electrons. The average molecular weight is 243 g/mol. The van der Waals surface area contributed by atoms with E-state index in [1.807, 2.05) is 57.3 Å². The Morgan fingerprint density at radius 3 is 2.39 bits per heavy atom. The molecule has 18 heavy (non-hydrogen) atoms. The van der Waals surface area contributed by atoms with Crippen LogP contribution >= 0.6 is 0 Å². The topological polar surface area (TPSA) is 46.9 Å². The Morgan fingerprint density at radius 1 is 1.22 bits per heavy atom. The first-order valence-corrected chi connectivity index (χ1v) is 5.88. The molecule has 0 spiro atoms. The van der Waals surface area contributed by atoms with E-state index in [9.17, 15) is 4.79 Å². The molecule has 2 rings (SSSR count). The van der Waals surface area contributed by atoms with Crippen LogP contribution in [0.25, 0.3) is 5.69 Å². The van der Waals surface area contributed by atoms with E-state index in [-0.39, 0.29) is 11.3 Å². The fourth-order valence-corrected chi connectivity index (χ4v) is 1.44. The van der Waals surface area contributed by atoms with E-state index in [0.717, 1.165) is 11.4 Å². The van der Waals surface area contributed by atoms with Gasteiger partial charge >= 0.3 is 0 Å². The molecule has 0 saturated carbocycles. The summed E-state index contributed by atoms with van der Waals surface area (Å²) in [6, 6.07) is 9.47. The SMILES string of the molecule is CC(C)(C)C(=O)Nc1ccc(-n2cccn2)cc1. The molecule has 0 atom stereocenters. The van der Waals surface area contributed by atoms with Crippen molar-refractivity contribution in [1.29, 1.82) is 0 Å². The minimum absolute atomic E-state index is 0.00865. The summed E-state index contributed by atoms with van der Waals surface area (Å²) >= 11 is 0. The van der Waals surface area contributed by atoms with E-state index in [2.05, 4.69) is 10.4 Å². The number of aromatic nitrogens is 2. The van der Waals surface area contributed by atoms with Gasteiger partial charge in [-0.2, -0.15) is 5.10 Å². The molecule has 2 aromatic rings. The molecular weight excluding hydrogens is 226 g/mol. The molecule has 0 saturated heterocycles. The highest BCUT2D eigenvalue weighted by atomic mass is 16.2. The van der Waals surface area contributed by atoms with Crippen LogP contribution in [0.15, 0.2) is 42.7 Å². The maximum atomic E-state index is 11.8. The van der Waals surface area contributed by atoms with Crippen LogP contribution in [0.1, 0.15) is 20.8 Å². The van der Waals surface area contributed by atoms with Crippen molar-refractivity contribution in [3.63, 3.8) is 0 Å². The van der Waals surface area contributed by atoms with Crippen molar-refractivity contribution in [2.75, 3.05) is 5.32 Å². The van der Waals surface area contributed by atoms with Crippen molar-refractivity contribution in [3.05, 3.63) is 42.7 Å². The van der Waals surface area contributed by atoms with Crippen LogP contribution < -0.4 is 5.32 Å². The summed E-state index contributed by atoms with van der Waals surface area (Å²) in [4.78, 5) is 11.8. The summed E-state index contributed by atoms with van der Waals surface area (Å²) in [5.74, 6) is 0.00865. The largest absolute Gasteiger partial charge is 0.326 e. The molecule has 4 heteroatoms. The predicted octanol–water partition coefficient (Wildman–Crippen LogP) is 2.86. The number of carbonyl (C=O) groups excluding carboxylic acids is 1. The number of benzene rings is 1. The van der Waals surface area contributed by atoms with Crippen molar-refractivity contribution in [1.82, 2.24) is 9.78 Å². The van der Waals surface area contributed by atoms with Gasteiger partial charge in [-0.15, -0.1) is 0 Å². The number of rotatable bonds is 2. The first-order chi connectivity index (χ1) is 8.47. The quantitative estimate of drug-likeness (QED) is 0.881. The normalized spacial score (nSPS) is 11.3. The Kier molecular flexibility index (Phi) is 3.19. The number of nitrogens with one attached hydrogen (secondary N) is 1. The second-order valence-electron chi connectivity index (χ2n) is 5.20. The monoisotopic (exact) mass is 243 g/mol. The lowest BCUT2D eigenvalue weighted by molar-refractivity contribution is -0.123. The van der Waals surface area contributed by atoms with Crippen LogP contribution in [0, 0.1) is 5.41 Å². The van der Waals surface area contributed by atoms with E-state index < -0.39 is 0 Å². The Bertz CT molecular complexity index is 521. The summed E-state index contributed by atoms with van der Waals surface area (Å²) in [6.45, 7) is 5.67. The summed E-state index contributed by atoms with van der Waals surface area (Å²) < 4.78 is 1.77. The molecule has 1 heterocycles. The number of nitrogens with zero attached hydrogens (tertiary/aromatic N) is 2. The van der Waals surface area contributed by atoms with Gasteiger partial charge in [-0.25, -0.2) is 4.68 Å². The lowest BCUT2D eigenvalue weighted by Gasteiger charge is -2.17. The molecule has 1 N–H and O–H groups in total. The Morgan fingerprint density at radius 2 is 1.89 bits per heavy atom. The molecule has 94 valence electrons. The average Bonchev–Trinajstić information content (AvgIpc) is 2.82. The Balaban J connectivity index is 2.12. The second kappa shape index (κ2) is 4.64. The van der Waals surface area contributed by atoms with Gasteiger partial charge in [-0.3, -0.25) is 4.79 Å². The summed E-state index contributed by atoms with van der Waals surface area (Å²) in [7, 11) is 0. The molecule has 0 aliphatic rings. The highest BCUT2D eigenvalue weighted by Crippen LogP contribution is 2.18. The molecule has 0 fully saturated rings. The van der Waals surface area contributed by atoms with Gasteiger partial charge in [0.2, 0.25) is 5.91 Å². The van der Waals surface area contributed by atoms with Gasteiger partial charge in [-0.1, -0.05) is 20.8 Å². The van der Waals surface area contributed by atoms with Crippen molar-refractivity contribution < 1.29 is 4.79 Å². The maximum Gasteiger partial charge on any atom is 0.229 e. The summed E-state index contributed by atoms with van der Waals surface area (Å²) in [6.07, 6.45) is 3.61. The Hall–Kier alpha value is -2.10. The number of anilines is 1. The first-order valence-electron chi connectivity index (χ1n) is 5.88. The van der Waals surface area contributed by atoms with Crippen LogP contribution in [-0.4, -0.2) is 15.7 Å². The van der Waals surface area contributed by atoms with Crippen LogP contribution in [0.5, 0.6) is 0 Å². The van der Waals surface area contributed by atoms with Crippen molar-refractivity contribution in [2.45, 2.75) is 20.8 Å². The third-order valence-electron chi connectivity index (χ3n) is 2.58. The third-order valence-corrected chi connectivity index (χ3v) is 2.58. The molecular formula is C14H17N3O. The molecule has 1 aromatic carbocycles. The summed E-state index contributed by atoms with van der Waals surface area (Å²) in [5, 5.41) is 7.03. The molecule has 1 aromatic heterocycles. The predicted molar refractivity (Wildman–Crippen MR) is 71.6 cm³/mol. The lowest BCUT2D eigenvalue weighted by atomic mass is 9.95. The zero-order valence-electron chi connectivity index (χ0n) is 10.8. The zero-order chi connectivity index (χ0) is 13.2. The highest BCUT2D eigenvalue weighted by molar-refractivity contribution is 5.94. The zero-order valence-corrected chi connectivity index (χ0v) is 10.8. The van der Waals surface area contributed by atoms with Crippen molar-refractivity contribution in [3.8, 4) is 5.69 Å². The fourth-order valence-electron chi connectivity index (χ4n) is 1.44. The standard InChI is InChI=1S/C14H17N3O/c1-14(2,3)13(18)16-11-5-7-12(8-6-11)17-10-4-9-15-17/h4-10H,1-3H3,(H,16,18). The van der Waals surface area contributed by atoms with Crippen LogP contribution in [0.2, 0.25) is 0 Å². The highest BCUT2D eigenvalue weighted by Gasteiger charge is 2.20. The number of hydrogen-bond acceptors (Lipinski definition) is 2. The van der Waals surface area contributed by atoms with E-state index >= 15 is 0 Å². The number of amides is 1. The lowest BCUT2D eigenvalue weighted by Crippen LogP contribution is -2.27. The fraction of sp³-hybridized carbons (Fsp3) is 0.286. The Labute approximate surface area is 107 Å². The van der Waals surface area contributed by atoms with E-state index in [1.165, 1.54) is 0 Å². The van der Waals surface area contributed by atoms with Crippen molar-refractivity contribution >= 4 is 11.6 Å². The summed E-state index contributed by atoms with van der Waals surface area (Å²) in [5.41, 5.74) is 1.38. The smallest absolute Gasteiger partial charge is 0.229 e. The van der Waals surface area contributed by atoms with Gasteiger partial charge in [0.1, 0.15) is 0 Å². The molecule has 0 aliphatic carbocycles. The van der Waals surface area contributed by atoms with Crippen LogP contribution in [0.4, 0.5) is 5.69 Å². The van der Waals surface area contributed by atoms with Gasteiger partial charge < -0.3 is 5.32 Å². The van der Waals surface area contributed by atoms with E-state index in [4.69, 9.17) is 0 Å². The third kappa shape index (κ3) is 2.77. The first kappa shape index (κ1) is 12.4.